The zero-order valence-electron chi connectivity index (χ0n) is 14.0. The van der Waals surface area contributed by atoms with Gasteiger partial charge >= 0.3 is 0 Å². The van der Waals surface area contributed by atoms with Crippen molar-refractivity contribution in [1.29, 1.82) is 0 Å². The summed E-state index contributed by atoms with van der Waals surface area (Å²) in [6.45, 7) is 4.14. The molecule has 0 radical (unpaired) electrons. The molecule has 0 aliphatic rings. The van der Waals surface area contributed by atoms with Crippen molar-refractivity contribution in [2.45, 2.75) is 19.9 Å². The number of nitrogens with one attached hydrogen (secondary N) is 1. The summed E-state index contributed by atoms with van der Waals surface area (Å²) in [5.74, 6) is 0. The molecule has 0 aromatic heterocycles. The van der Waals surface area contributed by atoms with Crippen LogP contribution in [0.5, 0.6) is 0 Å². The van der Waals surface area contributed by atoms with E-state index in [9.17, 15) is 4.57 Å². The third-order valence-electron chi connectivity index (χ3n) is 4.16. The Balaban J connectivity index is 2.02. The van der Waals surface area contributed by atoms with Crippen LogP contribution in [0.3, 0.4) is 0 Å². The van der Waals surface area contributed by atoms with Crippen LogP contribution in [0.25, 0.3) is 0 Å². The lowest BCUT2D eigenvalue weighted by Crippen LogP contribution is -2.29. The Morgan fingerprint density at radius 2 is 1.33 bits per heavy atom. The van der Waals surface area contributed by atoms with E-state index in [0.717, 1.165) is 16.2 Å². The van der Waals surface area contributed by atoms with Crippen molar-refractivity contribution in [2.75, 3.05) is 0 Å². The predicted molar refractivity (Wildman–Crippen MR) is 102 cm³/mol. The zero-order chi connectivity index (χ0) is 17.0. The normalized spacial score (nSPS) is 12.8. The van der Waals surface area contributed by atoms with Gasteiger partial charge in [0.2, 0.25) is 7.29 Å². The van der Waals surface area contributed by atoms with Gasteiger partial charge in [0.05, 0.1) is 0 Å². The highest BCUT2D eigenvalue weighted by Gasteiger charge is 2.29. The van der Waals surface area contributed by atoms with E-state index in [-0.39, 0.29) is 6.04 Å². The molecule has 0 bridgehead atoms. The molecule has 2 nitrogen and oxygen atoms in total. The molecule has 0 unspecified atom stereocenters. The summed E-state index contributed by atoms with van der Waals surface area (Å²) < 4.78 is 14.0. The van der Waals surface area contributed by atoms with Gasteiger partial charge in [0.15, 0.2) is 0 Å². The van der Waals surface area contributed by atoms with E-state index >= 15 is 0 Å². The van der Waals surface area contributed by atoms with E-state index in [4.69, 9.17) is 0 Å². The van der Waals surface area contributed by atoms with Crippen LogP contribution in [0.1, 0.15) is 24.1 Å². The van der Waals surface area contributed by atoms with Gasteiger partial charge in [-0.2, -0.15) is 0 Å². The second-order valence-electron chi connectivity index (χ2n) is 6.05. The molecule has 0 aliphatic carbocycles. The molecule has 3 aromatic carbocycles. The first-order valence-electron chi connectivity index (χ1n) is 8.15. The topological polar surface area (TPSA) is 29.1 Å². The summed E-state index contributed by atoms with van der Waals surface area (Å²) in [7, 11) is -2.91. The molecule has 0 fully saturated rings. The summed E-state index contributed by atoms with van der Waals surface area (Å²) in [6, 6.07) is 27.7. The SMILES string of the molecule is Cc1cccc([C@H](C)NP(=O)(c2ccccc2)c2ccccc2)c1. The van der Waals surface area contributed by atoms with Crippen LogP contribution in [0.15, 0.2) is 84.9 Å². The van der Waals surface area contributed by atoms with Crippen LogP contribution in [0.4, 0.5) is 0 Å². The maximum Gasteiger partial charge on any atom is 0.205 e. The Labute approximate surface area is 144 Å². The quantitative estimate of drug-likeness (QED) is 0.692. The largest absolute Gasteiger partial charge is 0.297 e. The summed E-state index contributed by atoms with van der Waals surface area (Å²) in [5.41, 5.74) is 2.34. The minimum absolute atomic E-state index is 0.0175. The van der Waals surface area contributed by atoms with Crippen molar-refractivity contribution in [1.82, 2.24) is 5.09 Å². The first-order chi connectivity index (χ1) is 11.6. The minimum Gasteiger partial charge on any atom is -0.297 e. The molecule has 3 rings (SSSR count). The third kappa shape index (κ3) is 3.51. The fraction of sp³-hybridized carbons (Fsp3) is 0.143. The number of hydrogen-bond acceptors (Lipinski definition) is 1. The standard InChI is InChI=1S/C21H22NOP/c1-17-10-9-11-19(16-17)18(2)22-24(23,20-12-5-3-6-13-20)21-14-7-4-8-15-21/h3-16,18H,1-2H3,(H,22,23)/t18-/m0/s1. The second kappa shape index (κ2) is 7.17. The molecule has 0 amide bonds. The predicted octanol–water partition coefficient (Wildman–Crippen LogP) is 4.57. The molecular formula is C21H22NOP. The Morgan fingerprint density at radius 3 is 1.83 bits per heavy atom. The Morgan fingerprint density at radius 1 is 0.792 bits per heavy atom. The van der Waals surface area contributed by atoms with Gasteiger partial charge in [-0.3, -0.25) is 9.65 Å². The van der Waals surface area contributed by atoms with Crippen molar-refractivity contribution in [3.05, 3.63) is 96.1 Å². The van der Waals surface area contributed by atoms with Crippen molar-refractivity contribution in [2.24, 2.45) is 0 Å². The maximum absolute atomic E-state index is 14.0. The fourth-order valence-electron chi connectivity index (χ4n) is 2.86. The lowest BCUT2D eigenvalue weighted by atomic mass is 10.1. The van der Waals surface area contributed by atoms with Crippen LogP contribution in [-0.4, -0.2) is 0 Å². The van der Waals surface area contributed by atoms with Gasteiger partial charge in [0.1, 0.15) is 0 Å². The lowest BCUT2D eigenvalue weighted by Gasteiger charge is -2.25. The molecule has 0 aliphatic heterocycles. The Hall–Kier alpha value is -2.15. The maximum atomic E-state index is 14.0. The van der Waals surface area contributed by atoms with Gasteiger partial charge in [-0.25, -0.2) is 0 Å². The fourth-order valence-corrected chi connectivity index (χ4v) is 5.34. The van der Waals surface area contributed by atoms with Gasteiger partial charge < -0.3 is 0 Å². The Bertz CT molecular complexity index is 802. The van der Waals surface area contributed by atoms with Crippen molar-refractivity contribution in [3.63, 3.8) is 0 Å². The number of aryl methyl sites for hydroxylation is 1. The number of hydrogen-bond donors (Lipinski definition) is 1. The van der Waals surface area contributed by atoms with Crippen molar-refractivity contribution in [3.8, 4) is 0 Å². The van der Waals surface area contributed by atoms with E-state index in [0.29, 0.717) is 0 Å². The highest BCUT2D eigenvalue weighted by atomic mass is 31.2. The van der Waals surface area contributed by atoms with Gasteiger partial charge in [0.25, 0.3) is 0 Å². The minimum atomic E-state index is -2.91. The monoisotopic (exact) mass is 335 g/mol. The van der Waals surface area contributed by atoms with Crippen molar-refractivity contribution >= 4 is 17.9 Å². The van der Waals surface area contributed by atoms with Gasteiger partial charge in [-0.05, 0) is 43.7 Å². The van der Waals surface area contributed by atoms with Crippen molar-refractivity contribution < 1.29 is 4.57 Å². The van der Waals surface area contributed by atoms with E-state index < -0.39 is 7.29 Å². The molecule has 0 heterocycles. The molecule has 24 heavy (non-hydrogen) atoms. The van der Waals surface area contributed by atoms with Gasteiger partial charge in [0, 0.05) is 16.7 Å². The summed E-state index contributed by atoms with van der Waals surface area (Å²) in [6.07, 6.45) is 0. The zero-order valence-corrected chi connectivity index (χ0v) is 14.9. The van der Waals surface area contributed by atoms with Crippen LogP contribution in [-0.2, 0) is 4.57 Å². The lowest BCUT2D eigenvalue weighted by molar-refractivity contribution is 0.568. The highest BCUT2D eigenvalue weighted by molar-refractivity contribution is 7.76. The molecule has 0 saturated heterocycles. The van der Waals surface area contributed by atoms with Crippen LogP contribution < -0.4 is 15.7 Å². The summed E-state index contributed by atoms with van der Waals surface area (Å²) in [5, 5.41) is 5.08. The summed E-state index contributed by atoms with van der Waals surface area (Å²) in [4.78, 5) is 0. The van der Waals surface area contributed by atoms with Gasteiger partial charge in [-0.15, -0.1) is 0 Å². The van der Waals surface area contributed by atoms with E-state index in [2.05, 4.69) is 37.1 Å². The molecule has 1 atom stereocenters. The van der Waals surface area contributed by atoms with Gasteiger partial charge in [-0.1, -0.05) is 66.2 Å². The smallest absolute Gasteiger partial charge is 0.205 e. The first kappa shape index (κ1) is 16.7. The van der Waals surface area contributed by atoms with E-state index in [1.807, 2.05) is 66.7 Å². The molecule has 3 aromatic rings. The first-order valence-corrected chi connectivity index (χ1v) is 9.86. The number of rotatable bonds is 5. The second-order valence-corrected chi connectivity index (χ2v) is 8.55. The molecule has 0 saturated carbocycles. The molecule has 3 heteroatoms. The average molecular weight is 335 g/mol. The van der Waals surface area contributed by atoms with E-state index in [1.54, 1.807) is 0 Å². The highest BCUT2D eigenvalue weighted by Crippen LogP contribution is 2.41. The molecule has 0 spiro atoms. The average Bonchev–Trinajstić information content (AvgIpc) is 2.63. The van der Waals surface area contributed by atoms with E-state index in [1.165, 1.54) is 5.56 Å². The molecule has 122 valence electrons. The molecular weight excluding hydrogens is 313 g/mol. The summed E-state index contributed by atoms with van der Waals surface area (Å²) >= 11 is 0. The third-order valence-corrected chi connectivity index (χ3v) is 6.96. The van der Waals surface area contributed by atoms with Crippen LogP contribution >= 0.6 is 7.29 Å². The van der Waals surface area contributed by atoms with Crippen LogP contribution in [0, 0.1) is 6.92 Å². The molecule has 1 N–H and O–H groups in total. The Kier molecular flexibility index (Phi) is 4.99. The van der Waals surface area contributed by atoms with Crippen LogP contribution in [0.2, 0.25) is 0 Å². The number of benzene rings is 3.